The Labute approximate surface area is 124 Å². The molecule has 1 aromatic carbocycles. The van der Waals surface area contributed by atoms with E-state index in [4.69, 9.17) is 9.84 Å². The van der Waals surface area contributed by atoms with Crippen LogP contribution in [0.1, 0.15) is 12.6 Å². The van der Waals surface area contributed by atoms with E-state index in [9.17, 15) is 4.79 Å². The van der Waals surface area contributed by atoms with E-state index in [0.29, 0.717) is 6.54 Å². The molecule has 5 heteroatoms. The van der Waals surface area contributed by atoms with Crippen LogP contribution in [0.5, 0.6) is 5.75 Å². The monoisotopic (exact) mass is 288 g/mol. The molecule has 0 radical (unpaired) electrons. The van der Waals surface area contributed by atoms with Gasteiger partial charge in [0.2, 0.25) is 0 Å². The number of nitrogens with zero attached hydrogens (tertiary/aromatic N) is 2. The first kappa shape index (κ1) is 15.1. The predicted octanol–water partition coefficient (Wildman–Crippen LogP) is 2.71. The lowest BCUT2D eigenvalue weighted by Gasteiger charge is -2.23. The molecule has 0 bridgehead atoms. The van der Waals surface area contributed by atoms with Gasteiger partial charge in [-0.25, -0.2) is 4.98 Å². The smallest absolute Gasteiger partial charge is 0.308 e. The van der Waals surface area contributed by atoms with Crippen molar-refractivity contribution < 1.29 is 14.6 Å². The third-order valence-corrected chi connectivity index (χ3v) is 3.51. The predicted molar refractivity (Wildman–Crippen MR) is 83.1 cm³/mol. The van der Waals surface area contributed by atoms with Gasteiger partial charge < -0.3 is 14.7 Å². The SMILES string of the molecule is COc1cccc2c(N(C)CC(C)C(=O)O)cc(C)nc12. The summed E-state index contributed by atoms with van der Waals surface area (Å²) in [5.41, 5.74) is 2.63. The lowest BCUT2D eigenvalue weighted by Crippen LogP contribution is -2.28. The molecule has 1 atom stereocenters. The second-order valence-corrected chi connectivity index (χ2v) is 5.26. The second kappa shape index (κ2) is 5.99. The third-order valence-electron chi connectivity index (χ3n) is 3.51. The van der Waals surface area contributed by atoms with Crippen LogP contribution in [-0.2, 0) is 4.79 Å². The van der Waals surface area contributed by atoms with Gasteiger partial charge in [-0.05, 0) is 19.1 Å². The number of fused-ring (bicyclic) bond motifs is 1. The minimum Gasteiger partial charge on any atom is -0.494 e. The Kier molecular flexibility index (Phi) is 4.31. The number of carboxylic acid groups (broad SMARTS) is 1. The number of carbonyl (C=O) groups is 1. The molecule has 0 aliphatic heterocycles. The summed E-state index contributed by atoms with van der Waals surface area (Å²) in [5, 5.41) is 10.0. The van der Waals surface area contributed by atoms with E-state index in [1.54, 1.807) is 14.0 Å². The summed E-state index contributed by atoms with van der Waals surface area (Å²) in [6.07, 6.45) is 0. The summed E-state index contributed by atoms with van der Waals surface area (Å²) in [7, 11) is 3.52. The molecule has 0 saturated heterocycles. The standard InChI is InChI=1S/C16H20N2O3/c1-10(16(19)20)9-18(3)13-8-11(2)17-15-12(13)6-5-7-14(15)21-4/h5-8,10H,9H2,1-4H3,(H,19,20). The number of aryl methyl sites for hydroxylation is 1. The van der Waals surface area contributed by atoms with Crippen LogP contribution in [0.25, 0.3) is 10.9 Å². The van der Waals surface area contributed by atoms with Crippen molar-refractivity contribution in [3.8, 4) is 5.75 Å². The Morgan fingerprint density at radius 1 is 1.48 bits per heavy atom. The van der Waals surface area contributed by atoms with Crippen LogP contribution < -0.4 is 9.64 Å². The zero-order valence-corrected chi connectivity index (χ0v) is 12.8. The van der Waals surface area contributed by atoms with E-state index in [0.717, 1.165) is 28.0 Å². The van der Waals surface area contributed by atoms with Gasteiger partial charge >= 0.3 is 5.97 Å². The maximum absolute atomic E-state index is 11.0. The first-order chi connectivity index (χ1) is 9.93. The number of ether oxygens (including phenoxy) is 1. The summed E-state index contributed by atoms with van der Waals surface area (Å²) in [4.78, 5) is 17.5. The van der Waals surface area contributed by atoms with Crippen molar-refractivity contribution in [3.63, 3.8) is 0 Å². The van der Waals surface area contributed by atoms with Crippen LogP contribution >= 0.6 is 0 Å². The zero-order chi connectivity index (χ0) is 15.6. The van der Waals surface area contributed by atoms with E-state index in [-0.39, 0.29) is 0 Å². The lowest BCUT2D eigenvalue weighted by molar-refractivity contribution is -0.140. The minimum atomic E-state index is -0.797. The number of anilines is 1. The number of benzene rings is 1. The van der Waals surface area contributed by atoms with Crippen molar-refractivity contribution in [3.05, 3.63) is 30.0 Å². The Morgan fingerprint density at radius 2 is 2.19 bits per heavy atom. The van der Waals surface area contributed by atoms with E-state index in [2.05, 4.69) is 4.98 Å². The molecule has 2 rings (SSSR count). The number of hydrogen-bond donors (Lipinski definition) is 1. The van der Waals surface area contributed by atoms with E-state index in [1.165, 1.54) is 0 Å². The van der Waals surface area contributed by atoms with E-state index >= 15 is 0 Å². The Bertz CT molecular complexity index is 670. The number of rotatable bonds is 5. The Morgan fingerprint density at radius 3 is 2.81 bits per heavy atom. The fourth-order valence-corrected chi connectivity index (χ4v) is 2.40. The summed E-state index contributed by atoms with van der Waals surface area (Å²) in [6.45, 7) is 4.06. The molecule has 0 amide bonds. The van der Waals surface area contributed by atoms with E-state index in [1.807, 2.05) is 43.1 Å². The van der Waals surface area contributed by atoms with Gasteiger partial charge in [-0.15, -0.1) is 0 Å². The highest BCUT2D eigenvalue weighted by molar-refractivity contribution is 5.95. The number of pyridine rings is 1. The molecule has 1 N–H and O–H groups in total. The molecule has 0 saturated carbocycles. The normalized spacial score (nSPS) is 12.2. The molecule has 0 spiro atoms. The summed E-state index contributed by atoms with van der Waals surface area (Å²) >= 11 is 0. The van der Waals surface area contributed by atoms with Gasteiger partial charge in [0, 0.05) is 30.4 Å². The van der Waals surface area contributed by atoms with Crippen molar-refractivity contribution in [2.24, 2.45) is 5.92 Å². The first-order valence-electron chi connectivity index (χ1n) is 6.82. The van der Waals surface area contributed by atoms with Crippen molar-refractivity contribution in [1.82, 2.24) is 4.98 Å². The van der Waals surface area contributed by atoms with Crippen LogP contribution in [0.2, 0.25) is 0 Å². The number of methoxy groups -OCH3 is 1. The molecular formula is C16H20N2O3. The maximum atomic E-state index is 11.0. The van der Waals surface area contributed by atoms with Gasteiger partial charge in [0.1, 0.15) is 11.3 Å². The topological polar surface area (TPSA) is 62.7 Å². The molecule has 21 heavy (non-hydrogen) atoms. The molecule has 0 aliphatic carbocycles. The number of hydrogen-bond acceptors (Lipinski definition) is 4. The van der Waals surface area contributed by atoms with Crippen LogP contribution in [0.3, 0.4) is 0 Å². The molecule has 2 aromatic rings. The fourth-order valence-electron chi connectivity index (χ4n) is 2.40. The number of aliphatic carboxylic acids is 1. The number of para-hydroxylation sites is 1. The molecule has 1 unspecified atom stereocenters. The van der Waals surface area contributed by atoms with Crippen LogP contribution in [-0.4, -0.2) is 36.8 Å². The molecule has 1 heterocycles. The summed E-state index contributed by atoms with van der Waals surface area (Å²) in [5.74, 6) is -0.518. The third kappa shape index (κ3) is 3.07. The summed E-state index contributed by atoms with van der Waals surface area (Å²) in [6, 6.07) is 7.73. The van der Waals surface area contributed by atoms with Crippen molar-refractivity contribution in [1.29, 1.82) is 0 Å². The molecule has 0 aliphatic rings. The minimum absolute atomic E-state index is 0.436. The average molecular weight is 288 g/mol. The Hall–Kier alpha value is -2.30. The van der Waals surface area contributed by atoms with Gasteiger partial charge in [0.25, 0.3) is 0 Å². The van der Waals surface area contributed by atoms with Gasteiger partial charge in [-0.3, -0.25) is 4.79 Å². The first-order valence-corrected chi connectivity index (χ1v) is 6.82. The van der Waals surface area contributed by atoms with Crippen molar-refractivity contribution >= 4 is 22.6 Å². The number of aromatic nitrogens is 1. The largest absolute Gasteiger partial charge is 0.494 e. The molecule has 1 aromatic heterocycles. The Balaban J connectivity index is 2.50. The van der Waals surface area contributed by atoms with Crippen LogP contribution in [0, 0.1) is 12.8 Å². The zero-order valence-electron chi connectivity index (χ0n) is 12.8. The second-order valence-electron chi connectivity index (χ2n) is 5.26. The highest BCUT2D eigenvalue weighted by Crippen LogP contribution is 2.31. The van der Waals surface area contributed by atoms with Crippen molar-refractivity contribution in [2.45, 2.75) is 13.8 Å². The molecule has 112 valence electrons. The van der Waals surface area contributed by atoms with Gasteiger partial charge in [0.15, 0.2) is 0 Å². The lowest BCUT2D eigenvalue weighted by atomic mass is 10.1. The van der Waals surface area contributed by atoms with Gasteiger partial charge in [-0.2, -0.15) is 0 Å². The van der Waals surface area contributed by atoms with Crippen LogP contribution in [0.4, 0.5) is 5.69 Å². The van der Waals surface area contributed by atoms with Crippen molar-refractivity contribution in [2.75, 3.05) is 25.6 Å². The van der Waals surface area contributed by atoms with Crippen LogP contribution in [0.15, 0.2) is 24.3 Å². The number of carboxylic acids is 1. The molecule has 5 nitrogen and oxygen atoms in total. The average Bonchev–Trinajstić information content (AvgIpc) is 2.45. The molecule has 0 fully saturated rings. The molecular weight excluding hydrogens is 268 g/mol. The summed E-state index contributed by atoms with van der Waals surface area (Å²) < 4.78 is 5.36. The van der Waals surface area contributed by atoms with E-state index < -0.39 is 11.9 Å². The van der Waals surface area contributed by atoms with Gasteiger partial charge in [-0.1, -0.05) is 19.1 Å². The highest BCUT2D eigenvalue weighted by Gasteiger charge is 2.17. The highest BCUT2D eigenvalue weighted by atomic mass is 16.5. The van der Waals surface area contributed by atoms with Gasteiger partial charge in [0.05, 0.1) is 13.0 Å². The quantitative estimate of drug-likeness (QED) is 0.916. The maximum Gasteiger partial charge on any atom is 0.308 e. The fraction of sp³-hybridized carbons (Fsp3) is 0.375.